The molecule has 21 heteroatoms. The summed E-state index contributed by atoms with van der Waals surface area (Å²) in [6.45, 7) is 29.1. The molecule has 3 heterocycles. The van der Waals surface area contributed by atoms with Crippen molar-refractivity contribution in [2.45, 2.75) is 237 Å². The summed E-state index contributed by atoms with van der Waals surface area (Å²) in [5.41, 5.74) is 2.81. The van der Waals surface area contributed by atoms with Crippen molar-refractivity contribution in [3.8, 4) is 138 Å². The van der Waals surface area contributed by atoms with Crippen molar-refractivity contribution in [3.05, 3.63) is 212 Å². The van der Waals surface area contributed by atoms with E-state index in [1.54, 1.807) is 0 Å². The van der Waals surface area contributed by atoms with Crippen LogP contribution in [-0.4, -0.2) is 115 Å². The Bertz CT molecular complexity index is 6740. The molecule has 0 bridgehead atoms. The fourth-order valence-electron chi connectivity index (χ4n) is 18.8. The Morgan fingerprint density at radius 1 is 0.204 bits per heavy atom. The first-order chi connectivity index (χ1) is 69.3. The van der Waals surface area contributed by atoms with Gasteiger partial charge in [-0.25, -0.2) is 15.0 Å². The Kier molecular flexibility index (Phi) is 37.9. The summed E-state index contributed by atoms with van der Waals surface area (Å²) >= 11 is 0. The molecule has 0 saturated heterocycles. The topological polar surface area (TPSA) is 293 Å². The zero-order chi connectivity index (χ0) is 100.0. The number of phenols is 6. The van der Waals surface area contributed by atoms with Crippen LogP contribution in [0.2, 0.25) is 0 Å². The van der Waals surface area contributed by atoms with E-state index < -0.39 is 0 Å². The van der Waals surface area contributed by atoms with E-state index in [1.807, 2.05) is 66.7 Å². The van der Waals surface area contributed by atoms with Gasteiger partial charge in [0.25, 0.3) is 0 Å². The number of fused-ring (bicyclic) bond motifs is 10. The molecule has 0 fully saturated rings. The second-order valence-corrected chi connectivity index (χ2v) is 37.9. The number of aromatic nitrogens is 9. The van der Waals surface area contributed by atoms with E-state index in [2.05, 4.69) is 207 Å². The molecule has 16 aromatic rings. The molecule has 0 aliphatic heterocycles. The smallest absolute Gasteiger partial charge is 0.320 e. The number of nitrogens with zero attached hydrogens (tertiary/aromatic N) is 9. The van der Waals surface area contributed by atoms with Crippen molar-refractivity contribution >= 4 is 75.4 Å². The fourth-order valence-corrected chi connectivity index (χ4v) is 18.8. The fraction of sp³-hybridized carbons (Fsp3) is 0.397. The molecule has 0 amide bonds. The van der Waals surface area contributed by atoms with Gasteiger partial charge >= 0.3 is 18.0 Å². The number of benzene rings is 13. The molecule has 0 spiro atoms. The zero-order valence-corrected chi connectivity index (χ0v) is 85.0. The van der Waals surface area contributed by atoms with E-state index in [0.717, 1.165) is 246 Å². The van der Waals surface area contributed by atoms with Gasteiger partial charge in [0.2, 0.25) is 0 Å². The lowest BCUT2D eigenvalue weighted by Crippen LogP contribution is -2.13. The van der Waals surface area contributed by atoms with E-state index in [-0.39, 0.29) is 86.7 Å². The molecule has 142 heavy (non-hydrogen) atoms. The first kappa shape index (κ1) is 104. The largest absolute Gasteiger partial charge is 0.507 e. The highest BCUT2D eigenvalue weighted by molar-refractivity contribution is 6.21. The lowest BCUT2D eigenvalue weighted by Gasteiger charge is -2.18. The average molecular weight is 1920 g/mol. The summed E-state index contributed by atoms with van der Waals surface area (Å²) < 4.78 is 36.9. The van der Waals surface area contributed by atoms with Crippen LogP contribution in [0, 0.1) is 35.5 Å². The molecule has 3 aromatic heterocycles. The number of aromatic hydroxyl groups is 6. The maximum atomic E-state index is 11.3. The molecule has 16 rings (SSSR count). The normalized spacial score (nSPS) is 12.8. The van der Waals surface area contributed by atoms with Gasteiger partial charge in [0.05, 0.1) is 39.6 Å². The SMILES string of the molecule is CCCCC(CC)COc1cc(O)c(-c2nc(OCC(CC)CCCC)nc(-c3c4ccccc4cc4ccccc34)n2)c(O)c1.CCCCC(CC)COc1cc(O)c(-c2nc(OCC(CC)CCCC)nc(-c3cc4c5ccccc5ccc4c4ccccc34)n2)c(O)c1.CCCCC(CC)COc1cc(O)c(-c2nc(OCC(CC)CCCC)nc(-c3cc4ccccc4c4ccccc34)n2)c(O)c1. The first-order valence-electron chi connectivity index (χ1n) is 52.2. The lowest BCUT2D eigenvalue weighted by molar-refractivity contribution is 0.217. The van der Waals surface area contributed by atoms with Gasteiger partial charge in [-0.1, -0.05) is 356 Å². The van der Waals surface area contributed by atoms with Crippen molar-refractivity contribution in [1.29, 1.82) is 0 Å². The Hall–Kier alpha value is -13.7. The van der Waals surface area contributed by atoms with Crippen LogP contribution in [0.25, 0.3) is 144 Å². The number of ether oxygens (including phenoxy) is 6. The minimum atomic E-state index is -0.173. The van der Waals surface area contributed by atoms with E-state index in [4.69, 9.17) is 58.3 Å². The third-order valence-corrected chi connectivity index (χ3v) is 27.8. The van der Waals surface area contributed by atoms with Crippen molar-refractivity contribution in [2.75, 3.05) is 39.6 Å². The quantitative estimate of drug-likeness (QED) is 0.0153. The zero-order valence-electron chi connectivity index (χ0n) is 85.0. The third-order valence-electron chi connectivity index (χ3n) is 27.8. The monoisotopic (exact) mass is 1910 g/mol. The molecule has 13 aromatic carbocycles. The third kappa shape index (κ3) is 26.2. The maximum absolute atomic E-state index is 11.3. The van der Waals surface area contributed by atoms with Crippen LogP contribution in [-0.2, 0) is 0 Å². The van der Waals surface area contributed by atoms with Gasteiger partial charge in [0, 0.05) is 53.1 Å². The van der Waals surface area contributed by atoms with Crippen LogP contribution in [0.4, 0.5) is 0 Å². The summed E-state index contributed by atoms with van der Waals surface area (Å²) in [4.78, 5) is 43.1. The molecule has 6 N–H and O–H groups in total. The van der Waals surface area contributed by atoms with Crippen LogP contribution < -0.4 is 28.4 Å². The molecule has 0 aliphatic rings. The summed E-state index contributed by atoms with van der Waals surface area (Å²) in [7, 11) is 0. The lowest BCUT2D eigenvalue weighted by atomic mass is 9.93. The molecule has 744 valence electrons. The highest BCUT2D eigenvalue weighted by atomic mass is 16.5. The number of rotatable bonds is 48. The summed E-state index contributed by atoms with van der Waals surface area (Å²) in [5.74, 6) is 4.12. The first-order valence-corrected chi connectivity index (χ1v) is 52.2. The second kappa shape index (κ2) is 51.6. The van der Waals surface area contributed by atoms with Gasteiger partial charge in [0.15, 0.2) is 34.9 Å². The minimum absolute atomic E-state index is 0.109. The average Bonchev–Trinajstić information content (AvgIpc) is 0.735. The highest BCUT2D eigenvalue weighted by Crippen LogP contribution is 2.48. The van der Waals surface area contributed by atoms with Gasteiger partial charge in [-0.15, -0.1) is 0 Å². The standard InChI is InChI=1S/C43H49N3O4.2C39H47N3O4/c1-5-9-15-28(7-3)26-49-31-23-38(47)40(39(48)24-31)42-44-41(45-43(46-42)50-27-29(8-4)16-10-6-2)37-25-36-32-18-12-11-17-30(32)21-22-35(36)33-19-13-14-20-34(33)37;1-5-9-15-26(7-3)24-45-30-22-33(43)36(34(44)23-30)38-40-37(41-39(42-38)46-25-27(8-4)16-10-6-2)35-31-19-13-11-17-28(31)21-29-18-12-14-20-32(29)35;1-5-9-15-26(7-3)24-45-29-22-34(43)36(35(44)23-29)38-40-37(41-39(42-38)46-25-27(8-4)16-10-6-2)33-21-28-17-11-12-18-30(28)31-19-13-14-20-32(31)33/h11-14,17-25,28-29,47-48H,5-10,15-16,26-27H2,1-4H3;2*11-14,17-23,26-27,43-44H,5-10,15-16,24-25H2,1-4H3. The number of hydrogen-bond acceptors (Lipinski definition) is 21. The minimum Gasteiger partial charge on any atom is -0.507 e. The second-order valence-electron chi connectivity index (χ2n) is 37.9. The molecule has 0 saturated carbocycles. The van der Waals surface area contributed by atoms with Crippen LogP contribution in [0.5, 0.6) is 69.8 Å². The summed E-state index contributed by atoms with van der Waals surface area (Å²) in [6.07, 6.45) is 26.0. The number of unbranched alkanes of at least 4 members (excludes halogenated alkanes) is 6. The van der Waals surface area contributed by atoms with Gasteiger partial charge < -0.3 is 59.1 Å². The number of phenolic OH excluding ortho intramolecular Hbond substituents is 6. The molecular formula is C121H143N9O12. The Morgan fingerprint density at radius 3 is 0.768 bits per heavy atom. The highest BCUT2D eigenvalue weighted by Gasteiger charge is 2.29. The Balaban J connectivity index is 0.000000169. The van der Waals surface area contributed by atoms with E-state index in [0.29, 0.717) is 110 Å². The van der Waals surface area contributed by atoms with Gasteiger partial charge in [0.1, 0.15) is 68.4 Å². The van der Waals surface area contributed by atoms with Gasteiger partial charge in [-0.3, -0.25) is 0 Å². The van der Waals surface area contributed by atoms with Crippen molar-refractivity contribution < 1.29 is 59.1 Å². The van der Waals surface area contributed by atoms with Crippen molar-refractivity contribution in [1.82, 2.24) is 44.9 Å². The summed E-state index contributed by atoms with van der Waals surface area (Å²) in [5, 5.41) is 82.6. The summed E-state index contributed by atoms with van der Waals surface area (Å²) in [6, 6.07) is 69.7. The predicted octanol–water partition coefficient (Wildman–Crippen LogP) is 31.5. The Morgan fingerprint density at radius 2 is 0.444 bits per heavy atom. The van der Waals surface area contributed by atoms with Crippen molar-refractivity contribution in [3.63, 3.8) is 0 Å². The van der Waals surface area contributed by atoms with E-state index in [9.17, 15) is 30.6 Å². The molecule has 6 atom stereocenters. The van der Waals surface area contributed by atoms with Gasteiger partial charge in [-0.05, 0) is 168 Å². The van der Waals surface area contributed by atoms with E-state index >= 15 is 0 Å². The Labute approximate surface area is 837 Å². The van der Waals surface area contributed by atoms with Crippen LogP contribution in [0.15, 0.2) is 212 Å². The maximum Gasteiger partial charge on any atom is 0.320 e. The van der Waals surface area contributed by atoms with Gasteiger partial charge in [-0.2, -0.15) is 29.9 Å². The molecule has 0 aliphatic carbocycles. The van der Waals surface area contributed by atoms with Crippen molar-refractivity contribution in [2.24, 2.45) is 35.5 Å². The van der Waals surface area contributed by atoms with Crippen LogP contribution in [0.1, 0.15) is 237 Å². The molecule has 0 radical (unpaired) electrons. The van der Waals surface area contributed by atoms with E-state index in [1.165, 1.54) is 36.4 Å². The van der Waals surface area contributed by atoms with Crippen LogP contribution >= 0.6 is 0 Å². The predicted molar refractivity (Wildman–Crippen MR) is 577 cm³/mol. The number of hydrogen-bond donors (Lipinski definition) is 6. The van der Waals surface area contributed by atoms with Crippen LogP contribution in [0.3, 0.4) is 0 Å². The molecule has 21 nitrogen and oxygen atoms in total. The molecular weight excluding hydrogens is 1770 g/mol. The molecule has 6 unspecified atom stereocenters.